The van der Waals surface area contributed by atoms with Crippen molar-refractivity contribution in [3.8, 4) is 0 Å². The van der Waals surface area contributed by atoms with Gasteiger partial charge in [0.2, 0.25) is 0 Å². The summed E-state index contributed by atoms with van der Waals surface area (Å²) in [7, 11) is 0. The van der Waals surface area contributed by atoms with E-state index in [1.807, 2.05) is 0 Å². The summed E-state index contributed by atoms with van der Waals surface area (Å²) < 4.78 is 0. The quantitative estimate of drug-likeness (QED) is 0.561. The molecule has 0 aliphatic rings. The fraction of sp³-hybridized carbons (Fsp3) is 0.333. The molecule has 1 aromatic carbocycles. The molecular formula is C12H13BrO5. The molecule has 0 spiro atoms. The predicted octanol–water partition coefficient (Wildman–Crippen LogP) is 1.26. The lowest BCUT2D eigenvalue weighted by atomic mass is 9.95. The van der Waals surface area contributed by atoms with Gasteiger partial charge in [0, 0.05) is 11.1 Å². The van der Waals surface area contributed by atoms with Gasteiger partial charge in [-0.15, -0.1) is 0 Å². The third-order valence-corrected chi connectivity index (χ3v) is 2.87. The molecule has 0 aliphatic carbocycles. The summed E-state index contributed by atoms with van der Waals surface area (Å²) in [4.78, 5) is 22.2. The number of carbonyl (C=O) groups is 2. The van der Waals surface area contributed by atoms with Crippen LogP contribution < -0.4 is 0 Å². The van der Waals surface area contributed by atoms with E-state index in [1.54, 1.807) is 6.92 Å². The zero-order valence-corrected chi connectivity index (χ0v) is 11.2. The Morgan fingerprint density at radius 3 is 2.44 bits per heavy atom. The molecule has 1 aromatic rings. The average molecular weight is 317 g/mol. The first-order valence-corrected chi connectivity index (χ1v) is 6.13. The van der Waals surface area contributed by atoms with Gasteiger partial charge in [0.1, 0.15) is 0 Å². The highest BCUT2D eigenvalue weighted by Gasteiger charge is 2.24. The summed E-state index contributed by atoms with van der Waals surface area (Å²) in [5.74, 6) is -1.77. The van der Waals surface area contributed by atoms with Crippen molar-refractivity contribution < 1.29 is 24.9 Å². The van der Waals surface area contributed by atoms with Gasteiger partial charge >= 0.3 is 5.97 Å². The number of benzene rings is 1. The van der Waals surface area contributed by atoms with Crippen molar-refractivity contribution in [2.45, 2.75) is 24.5 Å². The molecule has 1 rings (SSSR count). The first-order valence-electron chi connectivity index (χ1n) is 5.21. The predicted molar refractivity (Wildman–Crippen MR) is 67.7 cm³/mol. The highest BCUT2D eigenvalue weighted by atomic mass is 79.9. The number of carbonyl (C=O) groups excluding carboxylic acids is 1. The van der Waals surface area contributed by atoms with Gasteiger partial charge in [0.05, 0.1) is 11.4 Å². The standard InChI is InChI=1S/C12H13BrO5/c1-6(13)10(15)8-3-2-7(5-14)4-9(8)11(16)12(17)18/h2-4,6,11,14,16H,5H2,1H3,(H,17,18). The van der Waals surface area contributed by atoms with Crippen LogP contribution in [0.25, 0.3) is 0 Å². The maximum absolute atomic E-state index is 11.9. The zero-order chi connectivity index (χ0) is 13.9. The highest BCUT2D eigenvalue weighted by Crippen LogP contribution is 2.23. The third-order valence-electron chi connectivity index (χ3n) is 2.45. The molecule has 2 atom stereocenters. The lowest BCUT2D eigenvalue weighted by Gasteiger charge is -2.14. The Kier molecular flexibility index (Phi) is 5.01. The molecule has 6 heteroatoms. The maximum atomic E-state index is 11.9. The molecule has 0 aliphatic heterocycles. The summed E-state index contributed by atoms with van der Waals surface area (Å²) in [5.41, 5.74) is 0.556. The van der Waals surface area contributed by atoms with E-state index in [-0.39, 0.29) is 23.5 Å². The van der Waals surface area contributed by atoms with Crippen LogP contribution in [0.4, 0.5) is 0 Å². The van der Waals surface area contributed by atoms with Gasteiger partial charge < -0.3 is 15.3 Å². The fourth-order valence-electron chi connectivity index (χ4n) is 1.51. The number of aliphatic hydroxyl groups is 2. The Balaban J connectivity index is 3.33. The van der Waals surface area contributed by atoms with E-state index in [1.165, 1.54) is 18.2 Å². The summed E-state index contributed by atoms with van der Waals surface area (Å²) in [6.45, 7) is 1.32. The van der Waals surface area contributed by atoms with Crippen molar-refractivity contribution in [3.05, 3.63) is 34.9 Å². The molecule has 0 bridgehead atoms. The third kappa shape index (κ3) is 3.16. The van der Waals surface area contributed by atoms with Crippen LogP contribution in [0.2, 0.25) is 0 Å². The van der Waals surface area contributed by atoms with Crippen molar-refractivity contribution in [1.82, 2.24) is 0 Å². The summed E-state index contributed by atoms with van der Waals surface area (Å²) in [6.07, 6.45) is -1.79. The average Bonchev–Trinajstić information content (AvgIpc) is 2.35. The van der Waals surface area contributed by atoms with Crippen molar-refractivity contribution in [2.75, 3.05) is 0 Å². The van der Waals surface area contributed by atoms with E-state index in [0.29, 0.717) is 5.56 Å². The van der Waals surface area contributed by atoms with Gasteiger partial charge in [-0.25, -0.2) is 4.79 Å². The number of aliphatic carboxylic acids is 1. The number of ketones is 1. The van der Waals surface area contributed by atoms with Gasteiger partial charge in [-0.1, -0.05) is 28.1 Å². The molecule has 2 unspecified atom stereocenters. The van der Waals surface area contributed by atoms with E-state index in [2.05, 4.69) is 15.9 Å². The van der Waals surface area contributed by atoms with Crippen LogP contribution in [0.15, 0.2) is 18.2 Å². The Hall–Kier alpha value is -1.24. The van der Waals surface area contributed by atoms with Crippen LogP contribution in [0.3, 0.4) is 0 Å². The number of alkyl halides is 1. The monoisotopic (exact) mass is 316 g/mol. The minimum absolute atomic E-state index is 0.00894. The minimum Gasteiger partial charge on any atom is -0.479 e. The molecule has 0 saturated heterocycles. The number of carboxylic acids is 1. The molecule has 0 amide bonds. The molecular weight excluding hydrogens is 304 g/mol. The van der Waals surface area contributed by atoms with Gasteiger partial charge in [-0.05, 0) is 18.6 Å². The SMILES string of the molecule is CC(Br)C(=O)c1ccc(CO)cc1C(O)C(=O)O. The Labute approximate surface area is 112 Å². The Morgan fingerprint density at radius 1 is 1.39 bits per heavy atom. The molecule has 18 heavy (non-hydrogen) atoms. The second-order valence-electron chi connectivity index (χ2n) is 3.80. The maximum Gasteiger partial charge on any atom is 0.337 e. The van der Waals surface area contributed by atoms with Crippen LogP contribution in [-0.4, -0.2) is 31.9 Å². The van der Waals surface area contributed by atoms with Crippen molar-refractivity contribution in [2.24, 2.45) is 0 Å². The lowest BCUT2D eigenvalue weighted by Crippen LogP contribution is -2.19. The second-order valence-corrected chi connectivity index (χ2v) is 5.17. The zero-order valence-electron chi connectivity index (χ0n) is 9.63. The topological polar surface area (TPSA) is 94.8 Å². The van der Waals surface area contributed by atoms with Crippen molar-refractivity contribution in [1.29, 1.82) is 0 Å². The largest absolute Gasteiger partial charge is 0.479 e. The molecule has 3 N–H and O–H groups in total. The highest BCUT2D eigenvalue weighted by molar-refractivity contribution is 9.10. The second kappa shape index (κ2) is 6.08. The molecule has 0 aromatic heterocycles. The lowest BCUT2D eigenvalue weighted by molar-refractivity contribution is -0.146. The number of aliphatic hydroxyl groups excluding tert-OH is 2. The van der Waals surface area contributed by atoms with Gasteiger partial charge in [-0.2, -0.15) is 0 Å². The fourth-order valence-corrected chi connectivity index (χ4v) is 1.76. The van der Waals surface area contributed by atoms with E-state index < -0.39 is 16.9 Å². The smallest absolute Gasteiger partial charge is 0.337 e. The molecule has 0 heterocycles. The summed E-state index contributed by atoms with van der Waals surface area (Å²) in [5, 5.41) is 27.4. The molecule has 0 radical (unpaired) electrons. The van der Waals surface area contributed by atoms with Gasteiger partial charge in [0.25, 0.3) is 0 Å². The summed E-state index contributed by atoms with van der Waals surface area (Å²) in [6, 6.07) is 4.25. The molecule has 0 fully saturated rings. The normalized spacial score (nSPS) is 14.0. The number of Topliss-reactive ketones (excluding diaryl/α,β-unsaturated/α-hetero) is 1. The van der Waals surface area contributed by atoms with Crippen molar-refractivity contribution >= 4 is 27.7 Å². The Bertz CT molecular complexity index is 470. The Morgan fingerprint density at radius 2 is 2.00 bits per heavy atom. The number of carboxylic acid groups (broad SMARTS) is 1. The molecule has 0 saturated carbocycles. The van der Waals surface area contributed by atoms with E-state index in [4.69, 9.17) is 10.2 Å². The number of hydrogen-bond donors (Lipinski definition) is 3. The van der Waals surface area contributed by atoms with E-state index in [0.717, 1.165) is 0 Å². The van der Waals surface area contributed by atoms with E-state index >= 15 is 0 Å². The summed E-state index contributed by atoms with van der Waals surface area (Å²) >= 11 is 3.10. The van der Waals surface area contributed by atoms with Gasteiger partial charge in [0.15, 0.2) is 11.9 Å². The van der Waals surface area contributed by atoms with Crippen LogP contribution in [0.1, 0.15) is 34.5 Å². The molecule has 5 nitrogen and oxygen atoms in total. The molecule has 98 valence electrons. The van der Waals surface area contributed by atoms with Crippen LogP contribution in [0.5, 0.6) is 0 Å². The van der Waals surface area contributed by atoms with Crippen LogP contribution in [-0.2, 0) is 11.4 Å². The van der Waals surface area contributed by atoms with Crippen LogP contribution in [0, 0.1) is 0 Å². The van der Waals surface area contributed by atoms with Crippen LogP contribution >= 0.6 is 15.9 Å². The first kappa shape index (κ1) is 14.8. The minimum atomic E-state index is -1.79. The number of hydrogen-bond acceptors (Lipinski definition) is 4. The first-order chi connectivity index (χ1) is 8.38. The van der Waals surface area contributed by atoms with E-state index in [9.17, 15) is 14.7 Å². The van der Waals surface area contributed by atoms with Gasteiger partial charge in [-0.3, -0.25) is 4.79 Å². The van der Waals surface area contributed by atoms with Crippen molar-refractivity contribution in [3.63, 3.8) is 0 Å². The number of halogens is 1. The number of rotatable bonds is 5.